The highest BCUT2D eigenvalue weighted by Crippen LogP contribution is 2.13. The van der Waals surface area contributed by atoms with Gasteiger partial charge in [0.2, 0.25) is 0 Å². The van der Waals surface area contributed by atoms with E-state index in [9.17, 15) is 0 Å². The molecule has 0 amide bonds. The fraction of sp³-hybridized carbons (Fsp3) is 0.0909. The lowest BCUT2D eigenvalue weighted by atomic mass is 9.80. The van der Waals surface area contributed by atoms with Gasteiger partial charge in [-0.05, 0) is 16.4 Å². The first-order valence-electron chi connectivity index (χ1n) is 4.73. The van der Waals surface area contributed by atoms with E-state index in [-0.39, 0.29) is 0 Å². The van der Waals surface area contributed by atoms with Gasteiger partial charge in [0.25, 0.3) is 0 Å². The minimum atomic E-state index is -1.37. The molecule has 0 aliphatic heterocycles. The normalized spacial score (nSPS) is 10.3. The van der Waals surface area contributed by atoms with Gasteiger partial charge in [-0.2, -0.15) is 0 Å². The second kappa shape index (κ2) is 4.62. The summed E-state index contributed by atoms with van der Waals surface area (Å²) < 4.78 is 0. The second-order valence-corrected chi connectivity index (χ2v) is 4.34. The van der Waals surface area contributed by atoms with E-state index < -0.39 is 7.12 Å². The zero-order valence-electron chi connectivity index (χ0n) is 8.13. The summed E-state index contributed by atoms with van der Waals surface area (Å²) in [6.07, 6.45) is 0.755. The molecule has 0 bridgehead atoms. The number of rotatable bonds is 3. The van der Waals surface area contributed by atoms with Gasteiger partial charge < -0.3 is 10.0 Å². The Hall–Kier alpha value is -1.10. The van der Waals surface area contributed by atoms with Crippen molar-refractivity contribution in [1.82, 2.24) is 0 Å². The summed E-state index contributed by atoms with van der Waals surface area (Å²) >= 11 is 1.55. The van der Waals surface area contributed by atoms with Gasteiger partial charge in [-0.25, -0.2) is 0 Å². The molecule has 0 fully saturated rings. The number of thiophene rings is 1. The Labute approximate surface area is 93.0 Å². The van der Waals surface area contributed by atoms with Gasteiger partial charge >= 0.3 is 7.12 Å². The first-order chi connectivity index (χ1) is 7.27. The van der Waals surface area contributed by atoms with E-state index in [1.54, 1.807) is 17.4 Å². The molecule has 0 spiro atoms. The van der Waals surface area contributed by atoms with E-state index in [1.807, 2.05) is 35.7 Å². The zero-order chi connectivity index (χ0) is 10.7. The lowest BCUT2D eigenvalue weighted by Crippen LogP contribution is -2.31. The first kappa shape index (κ1) is 10.4. The summed E-state index contributed by atoms with van der Waals surface area (Å²) in [6.45, 7) is 0. The molecule has 0 atom stereocenters. The van der Waals surface area contributed by atoms with Gasteiger partial charge in [-0.1, -0.05) is 36.4 Å². The molecule has 2 nitrogen and oxygen atoms in total. The van der Waals surface area contributed by atoms with Gasteiger partial charge in [0.15, 0.2) is 0 Å². The molecule has 2 aromatic rings. The SMILES string of the molecule is OB(O)c1ccsc1Cc1ccccc1. The van der Waals surface area contributed by atoms with E-state index >= 15 is 0 Å². The van der Waals surface area contributed by atoms with Crippen molar-refractivity contribution in [2.75, 3.05) is 0 Å². The van der Waals surface area contributed by atoms with Gasteiger partial charge in [0, 0.05) is 11.3 Å². The molecular formula is C11H11BO2S. The maximum atomic E-state index is 9.13. The van der Waals surface area contributed by atoms with Gasteiger partial charge in [0.05, 0.1) is 0 Å². The van der Waals surface area contributed by atoms with Crippen molar-refractivity contribution in [3.8, 4) is 0 Å². The summed E-state index contributed by atoms with van der Waals surface area (Å²) in [7, 11) is -1.37. The lowest BCUT2D eigenvalue weighted by Gasteiger charge is -2.02. The van der Waals surface area contributed by atoms with E-state index in [1.165, 1.54) is 5.56 Å². The average molecular weight is 218 g/mol. The summed E-state index contributed by atoms with van der Waals surface area (Å²) in [5, 5.41) is 20.1. The molecule has 0 unspecified atom stereocenters. The molecule has 0 saturated carbocycles. The molecule has 1 heterocycles. The predicted octanol–water partition coefficient (Wildman–Crippen LogP) is 1.02. The molecule has 15 heavy (non-hydrogen) atoms. The summed E-state index contributed by atoms with van der Waals surface area (Å²) in [5.74, 6) is 0. The molecular weight excluding hydrogens is 207 g/mol. The summed E-state index contributed by atoms with van der Waals surface area (Å²) in [5.41, 5.74) is 1.80. The molecule has 1 aromatic carbocycles. The Morgan fingerprint density at radius 2 is 1.80 bits per heavy atom. The fourth-order valence-electron chi connectivity index (χ4n) is 1.51. The van der Waals surface area contributed by atoms with Crippen LogP contribution in [0, 0.1) is 0 Å². The quantitative estimate of drug-likeness (QED) is 0.755. The Bertz CT molecular complexity index is 425. The Balaban J connectivity index is 2.21. The fourth-order valence-corrected chi connectivity index (χ4v) is 2.44. The maximum absolute atomic E-state index is 9.13. The maximum Gasteiger partial charge on any atom is 0.489 e. The second-order valence-electron chi connectivity index (χ2n) is 3.34. The third-order valence-corrected chi connectivity index (χ3v) is 3.20. The van der Waals surface area contributed by atoms with Crippen LogP contribution >= 0.6 is 11.3 Å². The number of hydrogen-bond acceptors (Lipinski definition) is 3. The van der Waals surface area contributed by atoms with Crippen molar-refractivity contribution in [2.45, 2.75) is 6.42 Å². The van der Waals surface area contributed by atoms with Crippen molar-refractivity contribution >= 4 is 23.9 Å². The number of benzene rings is 1. The summed E-state index contributed by atoms with van der Waals surface area (Å²) in [6, 6.07) is 11.8. The van der Waals surface area contributed by atoms with Crippen molar-refractivity contribution in [1.29, 1.82) is 0 Å². The Kier molecular flexibility index (Phi) is 3.21. The van der Waals surface area contributed by atoms with Crippen LogP contribution in [0.2, 0.25) is 0 Å². The van der Waals surface area contributed by atoms with Crippen LogP contribution in [0.5, 0.6) is 0 Å². The lowest BCUT2D eigenvalue weighted by molar-refractivity contribution is 0.425. The van der Waals surface area contributed by atoms with E-state index in [2.05, 4.69) is 0 Å². The Morgan fingerprint density at radius 3 is 2.47 bits per heavy atom. The number of hydrogen-bond donors (Lipinski definition) is 2. The smallest absolute Gasteiger partial charge is 0.423 e. The molecule has 1 aromatic heterocycles. The standard InChI is InChI=1S/C11H11BO2S/c13-12(14)10-6-7-15-11(10)8-9-4-2-1-3-5-9/h1-7,13-14H,8H2. The third-order valence-electron chi connectivity index (χ3n) is 2.27. The van der Waals surface area contributed by atoms with Crippen LogP contribution in [0.3, 0.4) is 0 Å². The van der Waals surface area contributed by atoms with Crippen LogP contribution in [0.25, 0.3) is 0 Å². The molecule has 0 radical (unpaired) electrons. The van der Waals surface area contributed by atoms with Crippen LogP contribution in [0.4, 0.5) is 0 Å². The van der Waals surface area contributed by atoms with Crippen LogP contribution in [-0.2, 0) is 6.42 Å². The molecule has 0 saturated heterocycles. The van der Waals surface area contributed by atoms with Gasteiger partial charge in [-0.3, -0.25) is 0 Å². The zero-order valence-corrected chi connectivity index (χ0v) is 8.95. The highest BCUT2D eigenvalue weighted by atomic mass is 32.1. The molecule has 2 rings (SSSR count). The van der Waals surface area contributed by atoms with Crippen molar-refractivity contribution in [3.05, 3.63) is 52.2 Å². The predicted molar refractivity (Wildman–Crippen MR) is 63.4 cm³/mol. The van der Waals surface area contributed by atoms with Gasteiger partial charge in [0.1, 0.15) is 0 Å². The molecule has 2 N–H and O–H groups in total. The Morgan fingerprint density at radius 1 is 1.07 bits per heavy atom. The van der Waals surface area contributed by atoms with Crippen LogP contribution < -0.4 is 5.46 Å². The molecule has 76 valence electrons. The largest absolute Gasteiger partial charge is 0.489 e. The van der Waals surface area contributed by atoms with Gasteiger partial charge in [-0.15, -0.1) is 11.3 Å². The van der Waals surface area contributed by atoms with E-state index in [0.717, 1.165) is 11.3 Å². The van der Waals surface area contributed by atoms with Crippen LogP contribution in [-0.4, -0.2) is 17.2 Å². The van der Waals surface area contributed by atoms with Crippen molar-refractivity contribution in [3.63, 3.8) is 0 Å². The van der Waals surface area contributed by atoms with E-state index in [4.69, 9.17) is 10.0 Å². The van der Waals surface area contributed by atoms with Crippen molar-refractivity contribution in [2.24, 2.45) is 0 Å². The monoisotopic (exact) mass is 218 g/mol. The van der Waals surface area contributed by atoms with E-state index in [0.29, 0.717) is 5.46 Å². The molecule has 0 aliphatic rings. The van der Waals surface area contributed by atoms with Crippen LogP contribution in [0.1, 0.15) is 10.4 Å². The first-order valence-corrected chi connectivity index (χ1v) is 5.61. The molecule has 0 aliphatic carbocycles. The molecule has 4 heteroatoms. The van der Waals surface area contributed by atoms with Crippen LogP contribution in [0.15, 0.2) is 41.8 Å². The summed E-state index contributed by atoms with van der Waals surface area (Å²) in [4.78, 5) is 1.01. The highest BCUT2D eigenvalue weighted by Gasteiger charge is 2.16. The third kappa shape index (κ3) is 2.47. The average Bonchev–Trinajstić information content (AvgIpc) is 2.67. The highest BCUT2D eigenvalue weighted by molar-refractivity contribution is 7.11. The van der Waals surface area contributed by atoms with Crippen molar-refractivity contribution < 1.29 is 10.0 Å². The topological polar surface area (TPSA) is 40.5 Å². The minimum Gasteiger partial charge on any atom is -0.423 e. The minimum absolute atomic E-state index is 0.615.